The summed E-state index contributed by atoms with van der Waals surface area (Å²) < 4.78 is 5.27. The highest BCUT2D eigenvalue weighted by atomic mass is 16.5. The number of amides is 1. The predicted molar refractivity (Wildman–Crippen MR) is 76.4 cm³/mol. The normalized spacial score (nSPS) is 14.2. The standard InChI is InChI=1S/C15H22N2O2/c1-3-4-9-17(12-6-7-12)15(18)13-8-5-11(16)10-14(13)19-2/h5,8,10,12H,3-4,6-7,9,16H2,1-2H3. The summed E-state index contributed by atoms with van der Waals surface area (Å²) in [7, 11) is 1.57. The van der Waals surface area contributed by atoms with Gasteiger partial charge in [-0.1, -0.05) is 13.3 Å². The van der Waals surface area contributed by atoms with E-state index in [9.17, 15) is 4.79 Å². The Morgan fingerprint density at radius 2 is 2.21 bits per heavy atom. The molecule has 0 unspecified atom stereocenters. The van der Waals surface area contributed by atoms with Crippen LogP contribution in [0.25, 0.3) is 0 Å². The number of nitrogens with zero attached hydrogens (tertiary/aromatic N) is 1. The number of methoxy groups -OCH3 is 1. The number of carbonyl (C=O) groups is 1. The van der Waals surface area contributed by atoms with Crippen LogP contribution in [0.4, 0.5) is 5.69 Å². The molecule has 4 nitrogen and oxygen atoms in total. The zero-order valence-corrected chi connectivity index (χ0v) is 11.7. The van der Waals surface area contributed by atoms with Crippen molar-refractivity contribution in [3.63, 3.8) is 0 Å². The Morgan fingerprint density at radius 3 is 2.79 bits per heavy atom. The van der Waals surface area contributed by atoms with Gasteiger partial charge in [-0.05, 0) is 31.4 Å². The van der Waals surface area contributed by atoms with Gasteiger partial charge < -0.3 is 15.4 Å². The quantitative estimate of drug-likeness (QED) is 0.802. The summed E-state index contributed by atoms with van der Waals surface area (Å²) in [5.41, 5.74) is 6.95. The lowest BCUT2D eigenvalue weighted by molar-refractivity contribution is 0.0737. The molecule has 0 spiro atoms. The highest BCUT2D eigenvalue weighted by molar-refractivity contribution is 5.97. The maximum Gasteiger partial charge on any atom is 0.257 e. The number of ether oxygens (including phenoxy) is 1. The number of benzene rings is 1. The average Bonchev–Trinajstić information content (AvgIpc) is 3.23. The monoisotopic (exact) mass is 262 g/mol. The highest BCUT2D eigenvalue weighted by Gasteiger charge is 2.33. The summed E-state index contributed by atoms with van der Waals surface area (Å²) in [6.07, 6.45) is 4.37. The number of anilines is 1. The van der Waals surface area contributed by atoms with Crippen LogP contribution in [-0.2, 0) is 0 Å². The average molecular weight is 262 g/mol. The van der Waals surface area contributed by atoms with Crippen molar-refractivity contribution in [3.05, 3.63) is 23.8 Å². The van der Waals surface area contributed by atoms with Crippen LogP contribution < -0.4 is 10.5 Å². The van der Waals surface area contributed by atoms with E-state index >= 15 is 0 Å². The van der Waals surface area contributed by atoms with Gasteiger partial charge in [0.2, 0.25) is 0 Å². The van der Waals surface area contributed by atoms with Crippen LogP contribution in [0.15, 0.2) is 18.2 Å². The first-order chi connectivity index (χ1) is 9.17. The molecule has 104 valence electrons. The molecule has 1 aromatic carbocycles. The number of unbranched alkanes of at least 4 members (excludes halogenated alkanes) is 1. The molecule has 1 fully saturated rings. The van der Waals surface area contributed by atoms with E-state index in [4.69, 9.17) is 10.5 Å². The third-order valence-electron chi connectivity index (χ3n) is 3.46. The van der Waals surface area contributed by atoms with Gasteiger partial charge in [0, 0.05) is 24.3 Å². The van der Waals surface area contributed by atoms with Crippen molar-refractivity contribution in [3.8, 4) is 5.75 Å². The Bertz CT molecular complexity index is 455. The maximum atomic E-state index is 12.6. The lowest BCUT2D eigenvalue weighted by Crippen LogP contribution is -2.34. The predicted octanol–water partition coefficient (Wildman–Crippen LogP) is 2.68. The molecule has 0 heterocycles. The Morgan fingerprint density at radius 1 is 1.47 bits per heavy atom. The first-order valence-corrected chi connectivity index (χ1v) is 6.91. The van der Waals surface area contributed by atoms with Gasteiger partial charge in [-0.2, -0.15) is 0 Å². The number of hydrogen-bond donors (Lipinski definition) is 1. The van der Waals surface area contributed by atoms with Gasteiger partial charge in [-0.3, -0.25) is 4.79 Å². The lowest BCUT2D eigenvalue weighted by Gasteiger charge is -2.23. The first-order valence-electron chi connectivity index (χ1n) is 6.91. The smallest absolute Gasteiger partial charge is 0.257 e. The summed E-state index contributed by atoms with van der Waals surface area (Å²) in [4.78, 5) is 14.6. The molecule has 0 aromatic heterocycles. The second-order valence-electron chi connectivity index (χ2n) is 5.04. The molecule has 0 aliphatic heterocycles. The van der Waals surface area contributed by atoms with Gasteiger partial charge in [0.15, 0.2) is 0 Å². The van der Waals surface area contributed by atoms with E-state index in [-0.39, 0.29) is 5.91 Å². The molecule has 2 rings (SSSR count). The van der Waals surface area contributed by atoms with Gasteiger partial charge in [-0.25, -0.2) is 0 Å². The molecule has 1 saturated carbocycles. The molecule has 0 atom stereocenters. The Labute approximate surface area is 114 Å². The number of carbonyl (C=O) groups excluding carboxylic acids is 1. The van der Waals surface area contributed by atoms with Gasteiger partial charge in [-0.15, -0.1) is 0 Å². The van der Waals surface area contributed by atoms with Crippen molar-refractivity contribution in [2.24, 2.45) is 0 Å². The lowest BCUT2D eigenvalue weighted by atomic mass is 10.1. The SMILES string of the molecule is CCCCN(C(=O)c1ccc(N)cc1OC)C1CC1. The molecule has 19 heavy (non-hydrogen) atoms. The zero-order chi connectivity index (χ0) is 13.8. The van der Waals surface area contributed by atoms with Gasteiger partial charge in [0.25, 0.3) is 5.91 Å². The first kappa shape index (κ1) is 13.7. The molecule has 1 aliphatic rings. The minimum absolute atomic E-state index is 0.0628. The fraction of sp³-hybridized carbons (Fsp3) is 0.533. The minimum Gasteiger partial charge on any atom is -0.496 e. The van der Waals surface area contributed by atoms with E-state index in [0.29, 0.717) is 23.0 Å². The molecular weight excluding hydrogens is 240 g/mol. The van der Waals surface area contributed by atoms with E-state index < -0.39 is 0 Å². The molecule has 1 aliphatic carbocycles. The highest BCUT2D eigenvalue weighted by Crippen LogP contribution is 2.31. The number of nitrogen functional groups attached to an aromatic ring is 1. The fourth-order valence-corrected chi connectivity index (χ4v) is 2.20. The van der Waals surface area contributed by atoms with Crippen molar-refractivity contribution in [2.75, 3.05) is 19.4 Å². The van der Waals surface area contributed by atoms with Crippen molar-refractivity contribution >= 4 is 11.6 Å². The summed E-state index contributed by atoms with van der Waals surface area (Å²) in [5.74, 6) is 0.625. The van der Waals surface area contributed by atoms with E-state index in [1.54, 1.807) is 25.3 Å². The third-order valence-corrected chi connectivity index (χ3v) is 3.46. The number of nitrogens with two attached hydrogens (primary N) is 1. The van der Waals surface area contributed by atoms with E-state index in [1.165, 1.54) is 0 Å². The van der Waals surface area contributed by atoms with Gasteiger partial charge >= 0.3 is 0 Å². The Kier molecular flexibility index (Phi) is 4.30. The second kappa shape index (κ2) is 5.95. The molecule has 1 amide bonds. The fourth-order valence-electron chi connectivity index (χ4n) is 2.20. The number of hydrogen-bond acceptors (Lipinski definition) is 3. The molecular formula is C15H22N2O2. The molecule has 1 aromatic rings. The van der Waals surface area contributed by atoms with Crippen LogP contribution in [0.3, 0.4) is 0 Å². The summed E-state index contributed by atoms with van der Waals surface area (Å²) in [6, 6.07) is 5.64. The third kappa shape index (κ3) is 3.19. The molecule has 4 heteroatoms. The van der Waals surface area contributed by atoms with Crippen molar-refractivity contribution < 1.29 is 9.53 Å². The van der Waals surface area contributed by atoms with E-state index in [0.717, 1.165) is 32.2 Å². The van der Waals surface area contributed by atoms with Crippen LogP contribution in [0.1, 0.15) is 43.0 Å². The largest absolute Gasteiger partial charge is 0.496 e. The van der Waals surface area contributed by atoms with E-state index in [2.05, 4.69) is 6.92 Å². The summed E-state index contributed by atoms with van der Waals surface area (Å²) in [5, 5.41) is 0. The molecule has 0 bridgehead atoms. The summed E-state index contributed by atoms with van der Waals surface area (Å²) >= 11 is 0. The summed E-state index contributed by atoms with van der Waals surface area (Å²) in [6.45, 7) is 2.97. The minimum atomic E-state index is 0.0628. The Hall–Kier alpha value is -1.71. The van der Waals surface area contributed by atoms with Gasteiger partial charge in [0.1, 0.15) is 5.75 Å². The number of rotatable bonds is 6. The van der Waals surface area contributed by atoms with Crippen molar-refractivity contribution in [1.29, 1.82) is 0 Å². The maximum absolute atomic E-state index is 12.6. The van der Waals surface area contributed by atoms with Crippen LogP contribution in [0.2, 0.25) is 0 Å². The Balaban J connectivity index is 2.20. The second-order valence-corrected chi connectivity index (χ2v) is 5.04. The molecule has 0 radical (unpaired) electrons. The van der Waals surface area contributed by atoms with Crippen LogP contribution in [0, 0.1) is 0 Å². The molecule has 0 saturated heterocycles. The van der Waals surface area contributed by atoms with Crippen molar-refractivity contribution in [1.82, 2.24) is 4.90 Å². The topological polar surface area (TPSA) is 55.6 Å². The van der Waals surface area contributed by atoms with Crippen molar-refractivity contribution in [2.45, 2.75) is 38.6 Å². The van der Waals surface area contributed by atoms with Crippen LogP contribution in [-0.4, -0.2) is 30.5 Å². The van der Waals surface area contributed by atoms with Crippen LogP contribution in [0.5, 0.6) is 5.75 Å². The zero-order valence-electron chi connectivity index (χ0n) is 11.7. The van der Waals surface area contributed by atoms with E-state index in [1.807, 2.05) is 4.90 Å². The van der Waals surface area contributed by atoms with Crippen LogP contribution >= 0.6 is 0 Å². The van der Waals surface area contributed by atoms with Gasteiger partial charge in [0.05, 0.1) is 12.7 Å². The molecule has 2 N–H and O–H groups in total.